The third-order valence-corrected chi connectivity index (χ3v) is 3.31. The Kier molecular flexibility index (Phi) is 9.42. The van der Waals surface area contributed by atoms with Crippen LogP contribution in [0.3, 0.4) is 0 Å². The molecule has 0 spiro atoms. The molecule has 0 aromatic carbocycles. The van der Waals surface area contributed by atoms with Crippen LogP contribution in [0.15, 0.2) is 0 Å². The fourth-order valence-electron chi connectivity index (χ4n) is 2.37. The summed E-state index contributed by atoms with van der Waals surface area (Å²) in [7, 11) is 1.90. The lowest BCUT2D eigenvalue weighted by Gasteiger charge is -2.22. The molecule has 1 heterocycles. The molecule has 2 N–H and O–H groups in total. The molecule has 1 aliphatic rings. The van der Waals surface area contributed by atoms with E-state index in [4.69, 9.17) is 4.74 Å². The molecule has 0 radical (unpaired) electrons. The molecule has 0 aliphatic carbocycles. The van der Waals surface area contributed by atoms with E-state index in [1.54, 1.807) is 0 Å². The minimum Gasteiger partial charge on any atom is -0.378 e. The van der Waals surface area contributed by atoms with Crippen molar-refractivity contribution in [2.45, 2.75) is 39.2 Å². The molecule has 2 unspecified atom stereocenters. The highest BCUT2D eigenvalue weighted by atomic mass is 35.5. The highest BCUT2D eigenvalue weighted by Crippen LogP contribution is 2.25. The van der Waals surface area contributed by atoms with E-state index in [9.17, 15) is 4.79 Å². The van der Waals surface area contributed by atoms with E-state index in [0.29, 0.717) is 24.4 Å². The SMILES string of the molecule is CNCCCC(=O)NCC1CCOC1C(C)C.Cl. The van der Waals surface area contributed by atoms with Crippen molar-refractivity contribution in [3.8, 4) is 0 Å². The molecule has 1 fully saturated rings. The minimum absolute atomic E-state index is 0. The van der Waals surface area contributed by atoms with Gasteiger partial charge in [-0.15, -0.1) is 12.4 Å². The van der Waals surface area contributed by atoms with Crippen LogP contribution in [0.4, 0.5) is 0 Å². The Bertz CT molecular complexity index is 237. The summed E-state index contributed by atoms with van der Waals surface area (Å²) in [6.07, 6.45) is 2.89. The van der Waals surface area contributed by atoms with E-state index in [1.807, 2.05) is 7.05 Å². The third kappa shape index (κ3) is 6.03. The maximum atomic E-state index is 11.6. The molecule has 0 aromatic heterocycles. The largest absolute Gasteiger partial charge is 0.378 e. The fourth-order valence-corrected chi connectivity index (χ4v) is 2.37. The van der Waals surface area contributed by atoms with Crippen LogP contribution in [0.2, 0.25) is 0 Å². The Labute approximate surface area is 117 Å². The van der Waals surface area contributed by atoms with E-state index in [2.05, 4.69) is 24.5 Å². The first-order valence-electron chi connectivity index (χ1n) is 6.68. The summed E-state index contributed by atoms with van der Waals surface area (Å²) >= 11 is 0. The van der Waals surface area contributed by atoms with Gasteiger partial charge in [0.1, 0.15) is 0 Å². The summed E-state index contributed by atoms with van der Waals surface area (Å²) in [5, 5.41) is 6.06. The van der Waals surface area contributed by atoms with Crippen LogP contribution in [0.1, 0.15) is 33.1 Å². The van der Waals surface area contributed by atoms with Crippen LogP contribution in [0.5, 0.6) is 0 Å². The van der Waals surface area contributed by atoms with Gasteiger partial charge in [-0.2, -0.15) is 0 Å². The van der Waals surface area contributed by atoms with Gasteiger partial charge in [0.25, 0.3) is 0 Å². The van der Waals surface area contributed by atoms with Crippen molar-refractivity contribution in [1.29, 1.82) is 0 Å². The molecule has 1 amide bonds. The molecule has 0 bridgehead atoms. The van der Waals surface area contributed by atoms with Crippen LogP contribution in [-0.2, 0) is 9.53 Å². The Morgan fingerprint density at radius 1 is 1.44 bits per heavy atom. The highest BCUT2D eigenvalue weighted by molar-refractivity contribution is 5.85. The molecule has 1 aliphatic heterocycles. The molecule has 108 valence electrons. The van der Waals surface area contributed by atoms with Gasteiger partial charge < -0.3 is 15.4 Å². The van der Waals surface area contributed by atoms with Gasteiger partial charge in [-0.25, -0.2) is 0 Å². The van der Waals surface area contributed by atoms with E-state index >= 15 is 0 Å². The monoisotopic (exact) mass is 278 g/mol. The van der Waals surface area contributed by atoms with Crippen molar-refractivity contribution in [3.63, 3.8) is 0 Å². The molecule has 1 rings (SSSR count). The molecule has 18 heavy (non-hydrogen) atoms. The molecular formula is C13H27ClN2O2. The first-order chi connectivity index (χ1) is 8.15. The maximum absolute atomic E-state index is 11.6. The van der Waals surface area contributed by atoms with Crippen LogP contribution in [0.25, 0.3) is 0 Å². The van der Waals surface area contributed by atoms with Gasteiger partial charge >= 0.3 is 0 Å². The lowest BCUT2D eigenvalue weighted by Crippen LogP contribution is -2.35. The van der Waals surface area contributed by atoms with Gasteiger partial charge in [-0.1, -0.05) is 13.8 Å². The Balaban J connectivity index is 0.00000289. The molecular weight excluding hydrogens is 252 g/mol. The molecule has 5 heteroatoms. The maximum Gasteiger partial charge on any atom is 0.220 e. The second-order valence-corrected chi connectivity index (χ2v) is 5.14. The second kappa shape index (κ2) is 9.59. The summed E-state index contributed by atoms with van der Waals surface area (Å²) in [6, 6.07) is 0. The number of carbonyl (C=O) groups excluding carboxylic acids is 1. The number of rotatable bonds is 7. The van der Waals surface area contributed by atoms with Crippen LogP contribution in [-0.4, -0.2) is 38.8 Å². The molecule has 0 aromatic rings. The summed E-state index contributed by atoms with van der Waals surface area (Å²) in [5.41, 5.74) is 0. The Morgan fingerprint density at radius 2 is 2.17 bits per heavy atom. The van der Waals surface area contributed by atoms with Crippen LogP contribution < -0.4 is 10.6 Å². The van der Waals surface area contributed by atoms with Gasteiger partial charge in [0.15, 0.2) is 0 Å². The topological polar surface area (TPSA) is 50.4 Å². The zero-order valence-corrected chi connectivity index (χ0v) is 12.5. The van der Waals surface area contributed by atoms with E-state index in [1.165, 1.54) is 0 Å². The Morgan fingerprint density at radius 3 is 2.78 bits per heavy atom. The number of hydrogen-bond donors (Lipinski definition) is 2. The van der Waals surface area contributed by atoms with Crippen LogP contribution >= 0.6 is 12.4 Å². The zero-order valence-electron chi connectivity index (χ0n) is 11.7. The van der Waals surface area contributed by atoms with Gasteiger partial charge in [0.2, 0.25) is 5.91 Å². The first-order valence-corrected chi connectivity index (χ1v) is 6.68. The van der Waals surface area contributed by atoms with Gasteiger partial charge in [0, 0.05) is 25.5 Å². The smallest absolute Gasteiger partial charge is 0.220 e. The second-order valence-electron chi connectivity index (χ2n) is 5.14. The summed E-state index contributed by atoms with van der Waals surface area (Å²) in [6.45, 7) is 6.86. The highest BCUT2D eigenvalue weighted by Gasteiger charge is 2.30. The number of amides is 1. The zero-order chi connectivity index (χ0) is 12.7. The normalized spacial score (nSPS) is 22.9. The van der Waals surface area contributed by atoms with Gasteiger partial charge in [-0.3, -0.25) is 4.79 Å². The molecule has 4 nitrogen and oxygen atoms in total. The number of carbonyl (C=O) groups is 1. The number of hydrogen-bond acceptors (Lipinski definition) is 3. The van der Waals surface area contributed by atoms with Gasteiger partial charge in [-0.05, 0) is 32.4 Å². The average Bonchev–Trinajstić information content (AvgIpc) is 2.75. The summed E-state index contributed by atoms with van der Waals surface area (Å²) in [5.74, 6) is 1.18. The quantitative estimate of drug-likeness (QED) is 0.696. The predicted molar refractivity (Wildman–Crippen MR) is 76.1 cm³/mol. The van der Waals surface area contributed by atoms with Crippen molar-refractivity contribution in [2.75, 3.05) is 26.7 Å². The number of halogens is 1. The van der Waals surface area contributed by atoms with Crippen LogP contribution in [0, 0.1) is 11.8 Å². The van der Waals surface area contributed by atoms with E-state index < -0.39 is 0 Å². The number of ether oxygens (including phenoxy) is 1. The van der Waals surface area contributed by atoms with E-state index in [-0.39, 0.29) is 18.3 Å². The van der Waals surface area contributed by atoms with Crippen molar-refractivity contribution < 1.29 is 9.53 Å². The lowest BCUT2D eigenvalue weighted by atomic mass is 9.93. The average molecular weight is 279 g/mol. The van der Waals surface area contributed by atoms with Crippen molar-refractivity contribution in [3.05, 3.63) is 0 Å². The standard InChI is InChI=1S/C13H26N2O2.ClH/c1-10(2)13-11(6-8-17-13)9-15-12(16)5-4-7-14-3;/h10-11,13-14H,4-9H2,1-3H3,(H,15,16);1H. The van der Waals surface area contributed by atoms with Gasteiger partial charge in [0.05, 0.1) is 6.10 Å². The van der Waals surface area contributed by atoms with Crippen molar-refractivity contribution in [2.24, 2.45) is 11.8 Å². The number of nitrogens with one attached hydrogen (secondary N) is 2. The van der Waals surface area contributed by atoms with Crippen molar-refractivity contribution in [1.82, 2.24) is 10.6 Å². The fraction of sp³-hybridized carbons (Fsp3) is 0.923. The lowest BCUT2D eigenvalue weighted by molar-refractivity contribution is -0.121. The minimum atomic E-state index is 0. The third-order valence-electron chi connectivity index (χ3n) is 3.31. The van der Waals surface area contributed by atoms with Crippen molar-refractivity contribution >= 4 is 18.3 Å². The predicted octanol–water partition coefficient (Wildman–Crippen LogP) is 1.59. The summed E-state index contributed by atoms with van der Waals surface area (Å²) < 4.78 is 5.70. The first kappa shape index (κ1) is 17.7. The van der Waals surface area contributed by atoms with E-state index in [0.717, 1.165) is 32.5 Å². The molecule has 0 saturated carbocycles. The molecule has 1 saturated heterocycles. The Hall–Kier alpha value is -0.320. The summed E-state index contributed by atoms with van der Waals surface area (Å²) in [4.78, 5) is 11.6. The molecule has 2 atom stereocenters.